The molecule has 1 heterocycles. The predicted octanol–water partition coefficient (Wildman–Crippen LogP) is 0.928. The van der Waals surface area contributed by atoms with Gasteiger partial charge in [0.2, 0.25) is 0 Å². The molecule has 0 aromatic carbocycles. The molecule has 0 aliphatic carbocycles. The zero-order valence-electron chi connectivity index (χ0n) is 11.9. The second-order valence-electron chi connectivity index (χ2n) is 5.06. The van der Waals surface area contributed by atoms with Gasteiger partial charge in [-0.2, -0.15) is 0 Å². The molecule has 0 saturated heterocycles. The summed E-state index contributed by atoms with van der Waals surface area (Å²) in [5.41, 5.74) is 0. The molecule has 0 fully saturated rings. The third-order valence-electron chi connectivity index (χ3n) is 2.87. The number of carbonyl (C=O) groups is 1. The van der Waals surface area contributed by atoms with Gasteiger partial charge < -0.3 is 9.67 Å². The van der Waals surface area contributed by atoms with E-state index in [0.29, 0.717) is 13.0 Å². The number of sulfonamides is 1. The fourth-order valence-electron chi connectivity index (χ4n) is 1.78. The van der Waals surface area contributed by atoms with Crippen molar-refractivity contribution in [2.24, 2.45) is 11.8 Å². The molecule has 1 rings (SSSR count). The quantitative estimate of drug-likeness (QED) is 0.744. The first-order chi connectivity index (χ1) is 9.26. The minimum atomic E-state index is -3.76. The molecule has 114 valence electrons. The lowest BCUT2D eigenvalue weighted by atomic mass is 9.98. The van der Waals surface area contributed by atoms with Gasteiger partial charge in [-0.15, -0.1) is 0 Å². The first kappa shape index (κ1) is 16.6. The molecule has 0 bridgehead atoms. The van der Waals surface area contributed by atoms with Crippen molar-refractivity contribution in [2.75, 3.05) is 6.54 Å². The van der Waals surface area contributed by atoms with Gasteiger partial charge >= 0.3 is 5.97 Å². The van der Waals surface area contributed by atoms with E-state index in [0.717, 1.165) is 0 Å². The number of aryl methyl sites for hydroxylation is 1. The molecule has 20 heavy (non-hydrogen) atoms. The number of carboxylic acids is 1. The molecule has 1 unspecified atom stereocenters. The summed E-state index contributed by atoms with van der Waals surface area (Å²) in [4.78, 5) is 14.9. The Bertz CT molecular complexity index is 551. The lowest BCUT2D eigenvalue weighted by molar-refractivity contribution is -0.142. The molecule has 0 saturated carbocycles. The molecule has 8 heteroatoms. The minimum absolute atomic E-state index is 0.0898. The fourth-order valence-corrected chi connectivity index (χ4v) is 2.80. The summed E-state index contributed by atoms with van der Waals surface area (Å²) < 4.78 is 27.9. The summed E-state index contributed by atoms with van der Waals surface area (Å²) in [6, 6.07) is 0. The maximum Gasteiger partial charge on any atom is 0.307 e. The summed E-state index contributed by atoms with van der Waals surface area (Å²) in [7, 11) is -3.76. The molecule has 1 atom stereocenters. The van der Waals surface area contributed by atoms with Crippen molar-refractivity contribution >= 4 is 16.0 Å². The van der Waals surface area contributed by atoms with Crippen molar-refractivity contribution in [3.05, 3.63) is 12.5 Å². The fraction of sp³-hybridized carbons (Fsp3) is 0.667. The van der Waals surface area contributed by atoms with Gasteiger partial charge in [-0.3, -0.25) is 4.79 Å². The smallest absolute Gasteiger partial charge is 0.307 e. The predicted molar refractivity (Wildman–Crippen MR) is 73.7 cm³/mol. The molecule has 1 aromatic rings. The third-order valence-corrected chi connectivity index (χ3v) is 4.18. The van der Waals surface area contributed by atoms with Crippen molar-refractivity contribution < 1.29 is 18.3 Å². The number of hydrogen-bond donors (Lipinski definition) is 2. The van der Waals surface area contributed by atoms with Crippen molar-refractivity contribution in [1.29, 1.82) is 0 Å². The van der Waals surface area contributed by atoms with Gasteiger partial charge in [-0.25, -0.2) is 18.1 Å². The van der Waals surface area contributed by atoms with E-state index in [-0.39, 0.29) is 17.5 Å². The summed E-state index contributed by atoms with van der Waals surface area (Å²) in [5.74, 6) is -1.56. The van der Waals surface area contributed by atoms with Crippen LogP contribution < -0.4 is 4.72 Å². The number of hydrogen-bond acceptors (Lipinski definition) is 4. The normalized spacial score (nSPS) is 13.6. The van der Waals surface area contributed by atoms with Gasteiger partial charge in [0.1, 0.15) is 0 Å². The maximum absolute atomic E-state index is 12.0. The van der Waals surface area contributed by atoms with E-state index in [1.165, 1.54) is 12.5 Å². The van der Waals surface area contributed by atoms with Crippen LogP contribution in [0, 0.1) is 11.8 Å². The van der Waals surface area contributed by atoms with Gasteiger partial charge in [0, 0.05) is 19.3 Å². The van der Waals surface area contributed by atoms with Crippen LogP contribution in [0.2, 0.25) is 0 Å². The number of rotatable bonds is 8. The van der Waals surface area contributed by atoms with E-state index in [1.807, 2.05) is 20.8 Å². The van der Waals surface area contributed by atoms with E-state index < -0.39 is 21.9 Å². The Morgan fingerprint density at radius 2 is 2.15 bits per heavy atom. The first-order valence-electron chi connectivity index (χ1n) is 6.50. The summed E-state index contributed by atoms with van der Waals surface area (Å²) in [6.45, 7) is 6.15. The number of imidazole rings is 1. The Balaban J connectivity index is 2.73. The summed E-state index contributed by atoms with van der Waals surface area (Å²) >= 11 is 0. The monoisotopic (exact) mass is 303 g/mol. The van der Waals surface area contributed by atoms with E-state index in [1.54, 1.807) is 4.57 Å². The van der Waals surface area contributed by atoms with E-state index in [4.69, 9.17) is 5.11 Å². The zero-order valence-corrected chi connectivity index (χ0v) is 12.7. The van der Waals surface area contributed by atoms with Gasteiger partial charge in [-0.1, -0.05) is 13.8 Å². The standard InChI is InChI=1S/C12H21N3O4S/c1-4-15-7-11(13-8-15)20(18,19)14-6-10(12(16)17)5-9(2)3/h7-10,14H,4-6H2,1-3H3,(H,16,17). The number of aromatic nitrogens is 2. The molecule has 7 nitrogen and oxygen atoms in total. The highest BCUT2D eigenvalue weighted by Gasteiger charge is 2.23. The molecule has 0 spiro atoms. The lowest BCUT2D eigenvalue weighted by Crippen LogP contribution is -2.33. The van der Waals surface area contributed by atoms with Crippen LogP contribution in [0.3, 0.4) is 0 Å². The number of carboxylic acid groups (broad SMARTS) is 1. The van der Waals surface area contributed by atoms with E-state index >= 15 is 0 Å². The van der Waals surface area contributed by atoms with Gasteiger partial charge in [0.05, 0.1) is 12.2 Å². The molecule has 0 aliphatic rings. The van der Waals surface area contributed by atoms with Crippen LogP contribution in [0.1, 0.15) is 27.2 Å². The highest BCUT2D eigenvalue weighted by Crippen LogP contribution is 2.13. The largest absolute Gasteiger partial charge is 0.481 e. The van der Waals surface area contributed by atoms with Gasteiger partial charge in [-0.05, 0) is 19.3 Å². The molecule has 2 N–H and O–H groups in total. The molecule has 0 amide bonds. The molecular weight excluding hydrogens is 282 g/mol. The van der Waals surface area contributed by atoms with Crippen molar-refractivity contribution in [1.82, 2.24) is 14.3 Å². The topological polar surface area (TPSA) is 101 Å². The van der Waals surface area contributed by atoms with Crippen LogP contribution in [0.15, 0.2) is 17.6 Å². The summed E-state index contributed by atoms with van der Waals surface area (Å²) in [5, 5.41) is 8.99. The van der Waals surface area contributed by atoms with E-state index in [2.05, 4.69) is 9.71 Å². The van der Waals surface area contributed by atoms with Gasteiger partial charge in [0.15, 0.2) is 5.03 Å². The maximum atomic E-state index is 12.0. The Labute approximate surface area is 119 Å². The molecule has 0 radical (unpaired) electrons. The second-order valence-corrected chi connectivity index (χ2v) is 6.77. The Hall–Kier alpha value is -1.41. The lowest BCUT2D eigenvalue weighted by Gasteiger charge is -2.14. The SMILES string of the molecule is CCn1cnc(S(=O)(=O)NCC(CC(C)C)C(=O)O)c1. The Morgan fingerprint density at radius 1 is 1.50 bits per heavy atom. The van der Waals surface area contributed by atoms with Crippen LogP contribution in [-0.2, 0) is 21.4 Å². The highest BCUT2D eigenvalue weighted by molar-refractivity contribution is 7.89. The molecule has 1 aromatic heterocycles. The van der Waals surface area contributed by atoms with Crippen LogP contribution in [0.25, 0.3) is 0 Å². The third kappa shape index (κ3) is 4.61. The summed E-state index contributed by atoms with van der Waals surface area (Å²) in [6.07, 6.45) is 3.26. The molecule has 0 aliphatic heterocycles. The van der Waals surface area contributed by atoms with Crippen LogP contribution in [0.4, 0.5) is 0 Å². The van der Waals surface area contributed by atoms with Crippen LogP contribution >= 0.6 is 0 Å². The Kier molecular flexibility index (Phi) is 5.70. The van der Waals surface area contributed by atoms with Crippen molar-refractivity contribution in [3.63, 3.8) is 0 Å². The Morgan fingerprint density at radius 3 is 2.60 bits per heavy atom. The van der Waals surface area contributed by atoms with Crippen molar-refractivity contribution in [2.45, 2.75) is 38.8 Å². The average Bonchev–Trinajstić information content (AvgIpc) is 2.83. The first-order valence-corrected chi connectivity index (χ1v) is 7.98. The van der Waals surface area contributed by atoms with Crippen LogP contribution in [-0.4, -0.2) is 35.6 Å². The zero-order chi connectivity index (χ0) is 15.3. The second kappa shape index (κ2) is 6.85. The minimum Gasteiger partial charge on any atom is -0.481 e. The average molecular weight is 303 g/mol. The van der Waals surface area contributed by atoms with Crippen LogP contribution in [0.5, 0.6) is 0 Å². The van der Waals surface area contributed by atoms with Gasteiger partial charge in [0.25, 0.3) is 10.0 Å². The number of nitrogens with one attached hydrogen (secondary N) is 1. The van der Waals surface area contributed by atoms with Crippen molar-refractivity contribution in [3.8, 4) is 0 Å². The van der Waals surface area contributed by atoms with E-state index in [9.17, 15) is 13.2 Å². The molecular formula is C12H21N3O4S. The number of nitrogens with zero attached hydrogens (tertiary/aromatic N) is 2. The number of aliphatic carboxylic acids is 1. The highest BCUT2D eigenvalue weighted by atomic mass is 32.2.